The second-order valence-electron chi connectivity index (χ2n) is 6.28. The van der Waals surface area contributed by atoms with Crippen molar-refractivity contribution in [2.24, 2.45) is 0 Å². The Morgan fingerprint density at radius 3 is 2.43 bits per heavy atom. The summed E-state index contributed by atoms with van der Waals surface area (Å²) in [4.78, 5) is 38.0. The Labute approximate surface area is 170 Å². The van der Waals surface area contributed by atoms with Gasteiger partial charge in [0.1, 0.15) is 11.8 Å². The first-order valence-corrected chi connectivity index (χ1v) is 9.40. The molecule has 1 N–H and O–H groups in total. The number of carbonyl (C=O) groups excluding carboxylic acids is 3. The average molecular weight is 448 g/mol. The van der Waals surface area contributed by atoms with Gasteiger partial charge in [0.2, 0.25) is 0 Å². The summed E-state index contributed by atoms with van der Waals surface area (Å²) in [6.45, 7) is -0.499. The first kappa shape index (κ1) is 20.0. The summed E-state index contributed by atoms with van der Waals surface area (Å²) >= 11 is 3.28. The van der Waals surface area contributed by atoms with Crippen molar-refractivity contribution >= 4 is 33.8 Å². The number of likely N-dealkylation sites (tertiary alicyclic amines) is 1. The average Bonchev–Trinajstić information content (AvgIpc) is 3.09. The van der Waals surface area contributed by atoms with Crippen molar-refractivity contribution in [1.29, 1.82) is 0 Å². The van der Waals surface area contributed by atoms with Gasteiger partial charge in [-0.1, -0.05) is 46.3 Å². The minimum Gasteiger partial charge on any atom is -0.456 e. The monoisotopic (exact) mass is 447 g/mol. The van der Waals surface area contributed by atoms with Crippen LogP contribution >= 0.6 is 15.9 Å². The highest BCUT2D eigenvalue weighted by atomic mass is 79.9. The van der Waals surface area contributed by atoms with Crippen LogP contribution in [-0.2, 0) is 9.53 Å². The number of β-amino-alcohol motifs (C(OH)–C–C–N with tert-alkyl or cyclic N) is 1. The van der Waals surface area contributed by atoms with E-state index in [2.05, 4.69) is 15.9 Å². The first-order valence-electron chi connectivity index (χ1n) is 8.61. The van der Waals surface area contributed by atoms with E-state index in [0.29, 0.717) is 11.3 Å². The van der Waals surface area contributed by atoms with E-state index in [0.717, 1.165) is 9.37 Å². The van der Waals surface area contributed by atoms with Gasteiger partial charge in [0.25, 0.3) is 0 Å². The van der Waals surface area contributed by atoms with Crippen LogP contribution in [0.4, 0.5) is 4.79 Å². The molecule has 7 nitrogen and oxygen atoms in total. The number of para-hydroxylation sites is 1. The lowest BCUT2D eigenvalue weighted by Crippen LogP contribution is -2.43. The van der Waals surface area contributed by atoms with Crippen LogP contribution in [0.1, 0.15) is 16.8 Å². The number of rotatable bonds is 5. The molecule has 0 radical (unpaired) electrons. The Balaban J connectivity index is 1.60. The Bertz CT molecular complexity index is 855. The van der Waals surface area contributed by atoms with E-state index in [4.69, 9.17) is 9.47 Å². The fourth-order valence-electron chi connectivity index (χ4n) is 2.84. The molecule has 1 aliphatic rings. The lowest BCUT2D eigenvalue weighted by Gasteiger charge is -2.22. The van der Waals surface area contributed by atoms with Gasteiger partial charge < -0.3 is 14.6 Å². The molecule has 0 spiro atoms. The van der Waals surface area contributed by atoms with E-state index in [1.54, 1.807) is 54.6 Å². The van der Waals surface area contributed by atoms with Crippen molar-refractivity contribution < 1.29 is 29.0 Å². The van der Waals surface area contributed by atoms with Crippen LogP contribution in [0.15, 0.2) is 59.1 Å². The van der Waals surface area contributed by atoms with Crippen molar-refractivity contribution in [3.63, 3.8) is 0 Å². The molecule has 2 aromatic rings. The minimum absolute atomic E-state index is 0.0230. The molecule has 0 bridgehead atoms. The molecule has 1 fully saturated rings. The molecule has 0 unspecified atom stereocenters. The van der Waals surface area contributed by atoms with Crippen molar-refractivity contribution in [2.45, 2.75) is 18.6 Å². The molecule has 8 heteroatoms. The van der Waals surface area contributed by atoms with Gasteiger partial charge in [-0.2, -0.15) is 0 Å². The fraction of sp³-hybridized carbons (Fsp3) is 0.250. The molecule has 28 heavy (non-hydrogen) atoms. The Kier molecular flexibility index (Phi) is 6.43. The second-order valence-corrected chi connectivity index (χ2v) is 7.19. The van der Waals surface area contributed by atoms with E-state index in [-0.39, 0.29) is 18.7 Å². The topological polar surface area (TPSA) is 93.1 Å². The maximum atomic E-state index is 12.4. The van der Waals surface area contributed by atoms with Gasteiger partial charge in [0, 0.05) is 16.5 Å². The van der Waals surface area contributed by atoms with E-state index < -0.39 is 30.8 Å². The number of benzene rings is 2. The van der Waals surface area contributed by atoms with E-state index in [1.807, 2.05) is 0 Å². The van der Waals surface area contributed by atoms with Crippen LogP contribution in [0.25, 0.3) is 0 Å². The molecule has 1 aliphatic heterocycles. The number of ketones is 1. The third-order valence-corrected chi connectivity index (χ3v) is 4.77. The molecular weight excluding hydrogens is 430 g/mol. The maximum absolute atomic E-state index is 12.4. The number of carbonyl (C=O) groups is 3. The highest BCUT2D eigenvalue weighted by Crippen LogP contribution is 2.22. The van der Waals surface area contributed by atoms with Crippen molar-refractivity contribution in [2.75, 3.05) is 13.2 Å². The molecule has 0 aliphatic carbocycles. The number of Topliss-reactive ketones (excluding diaryl/α,β-unsaturated/α-hetero) is 1. The van der Waals surface area contributed by atoms with Gasteiger partial charge >= 0.3 is 12.1 Å². The summed E-state index contributed by atoms with van der Waals surface area (Å²) in [5.74, 6) is -0.795. The predicted molar refractivity (Wildman–Crippen MR) is 103 cm³/mol. The Hall–Kier alpha value is -2.71. The predicted octanol–water partition coefficient (Wildman–Crippen LogP) is 2.81. The zero-order chi connectivity index (χ0) is 20.1. The van der Waals surface area contributed by atoms with Crippen molar-refractivity contribution in [3.8, 4) is 5.75 Å². The van der Waals surface area contributed by atoms with Crippen molar-refractivity contribution in [3.05, 3.63) is 64.6 Å². The summed E-state index contributed by atoms with van der Waals surface area (Å²) in [5.41, 5.74) is 0.405. The number of hydrogen-bond donors (Lipinski definition) is 1. The van der Waals surface area contributed by atoms with Crippen LogP contribution in [0.3, 0.4) is 0 Å². The number of ether oxygens (including phenoxy) is 2. The van der Waals surface area contributed by atoms with Crippen LogP contribution in [0, 0.1) is 0 Å². The van der Waals surface area contributed by atoms with Crippen LogP contribution in [-0.4, -0.2) is 53.1 Å². The van der Waals surface area contributed by atoms with E-state index in [9.17, 15) is 19.5 Å². The number of hydrogen-bond acceptors (Lipinski definition) is 6. The third kappa shape index (κ3) is 4.96. The van der Waals surface area contributed by atoms with E-state index in [1.165, 1.54) is 0 Å². The molecule has 2 aromatic carbocycles. The first-order chi connectivity index (χ1) is 13.4. The normalized spacial score (nSPS) is 18.6. The molecule has 0 saturated carbocycles. The minimum atomic E-state index is -1.01. The van der Waals surface area contributed by atoms with Gasteiger partial charge in [-0.25, -0.2) is 9.59 Å². The lowest BCUT2D eigenvalue weighted by atomic mass is 10.1. The molecule has 2 atom stereocenters. The number of aliphatic hydroxyl groups is 1. The molecule has 1 amide bonds. The molecule has 0 aromatic heterocycles. The van der Waals surface area contributed by atoms with Crippen LogP contribution in [0.5, 0.6) is 5.75 Å². The summed E-state index contributed by atoms with van der Waals surface area (Å²) < 4.78 is 11.1. The van der Waals surface area contributed by atoms with Crippen LogP contribution in [0.2, 0.25) is 0 Å². The number of aliphatic hydroxyl groups excluding tert-OH is 1. The third-order valence-electron chi connectivity index (χ3n) is 4.25. The second kappa shape index (κ2) is 8.99. The standard InChI is InChI=1S/C20H18BrNO6/c21-14-8-6-13(7-9-14)18(24)12-27-19(25)17-10-15(23)11-22(17)20(26)28-16-4-2-1-3-5-16/h1-9,15,17,23H,10-12H2/t15-,17-/m1/s1. The smallest absolute Gasteiger partial charge is 0.416 e. The Morgan fingerprint density at radius 1 is 1.07 bits per heavy atom. The van der Waals surface area contributed by atoms with Gasteiger partial charge in [-0.3, -0.25) is 9.69 Å². The number of amides is 1. The quantitative estimate of drug-likeness (QED) is 0.559. The number of nitrogens with zero attached hydrogens (tertiary/aromatic N) is 1. The number of halogens is 1. The summed E-state index contributed by atoms with van der Waals surface area (Å²) in [6.07, 6.45) is -1.61. The Morgan fingerprint density at radius 2 is 1.75 bits per heavy atom. The maximum Gasteiger partial charge on any atom is 0.416 e. The molecule has 1 saturated heterocycles. The highest BCUT2D eigenvalue weighted by Gasteiger charge is 2.41. The lowest BCUT2D eigenvalue weighted by molar-refractivity contribution is -0.147. The van der Waals surface area contributed by atoms with E-state index >= 15 is 0 Å². The van der Waals surface area contributed by atoms with Gasteiger partial charge in [-0.15, -0.1) is 0 Å². The zero-order valence-electron chi connectivity index (χ0n) is 14.8. The highest BCUT2D eigenvalue weighted by molar-refractivity contribution is 9.10. The largest absolute Gasteiger partial charge is 0.456 e. The van der Waals surface area contributed by atoms with Crippen LogP contribution < -0.4 is 4.74 Å². The van der Waals surface area contributed by atoms with Gasteiger partial charge in [0.05, 0.1) is 12.6 Å². The zero-order valence-corrected chi connectivity index (χ0v) is 16.4. The van der Waals surface area contributed by atoms with Crippen molar-refractivity contribution in [1.82, 2.24) is 4.90 Å². The molecule has 146 valence electrons. The summed E-state index contributed by atoms with van der Waals surface area (Å²) in [5, 5.41) is 9.89. The SMILES string of the molecule is O=C(COC(=O)[C@H]1C[C@@H](O)CN1C(=O)Oc1ccccc1)c1ccc(Br)cc1. The molecule has 1 heterocycles. The number of esters is 1. The molecule has 3 rings (SSSR count). The summed E-state index contributed by atoms with van der Waals surface area (Å²) in [7, 11) is 0. The molecular formula is C20H18BrNO6. The fourth-order valence-corrected chi connectivity index (χ4v) is 3.10. The van der Waals surface area contributed by atoms with Gasteiger partial charge in [-0.05, 0) is 24.3 Å². The van der Waals surface area contributed by atoms with Gasteiger partial charge in [0.15, 0.2) is 12.4 Å². The summed E-state index contributed by atoms with van der Waals surface area (Å²) in [6, 6.07) is 14.0.